The zero-order valence-corrected chi connectivity index (χ0v) is 75.3. The molecule has 0 spiro atoms. The number of esters is 12. The van der Waals surface area contributed by atoms with Crippen molar-refractivity contribution in [1.29, 1.82) is 0 Å². The molecule has 0 bridgehead atoms. The molecular formula is C78H100Cl2N5O44P. The molecule has 0 aromatic heterocycles. The maximum atomic E-state index is 13.4. The second kappa shape index (κ2) is 57.1. The fourth-order valence-electron chi connectivity index (χ4n) is 10.5. The van der Waals surface area contributed by atoms with Crippen molar-refractivity contribution in [2.24, 2.45) is 5.11 Å². The smallest absolute Gasteiger partial charge is 0.335 e. The molecule has 49 nitrogen and oxygen atoms in total. The minimum atomic E-state index is -1.67. The monoisotopic (exact) mass is 1910 g/mol. The van der Waals surface area contributed by atoms with Crippen molar-refractivity contribution < 1.29 is 214 Å². The van der Waals surface area contributed by atoms with Gasteiger partial charge in [-0.05, 0) is 122 Å². The van der Waals surface area contributed by atoms with Crippen LogP contribution in [0, 0.1) is 13.8 Å². The first kappa shape index (κ1) is 117. The van der Waals surface area contributed by atoms with E-state index in [2.05, 4.69) is 52.3 Å². The van der Waals surface area contributed by atoms with Gasteiger partial charge in [0.15, 0.2) is 113 Å². The van der Waals surface area contributed by atoms with Crippen LogP contribution in [0.25, 0.3) is 10.4 Å². The van der Waals surface area contributed by atoms with Crippen LogP contribution in [0.3, 0.4) is 0 Å². The van der Waals surface area contributed by atoms with Crippen LogP contribution in [0.2, 0.25) is 0 Å². The van der Waals surface area contributed by atoms with E-state index in [0.717, 1.165) is 107 Å². The number of carboxylic acid groups (broad SMARTS) is 1. The Morgan fingerprint density at radius 2 is 0.723 bits per heavy atom. The number of benzene rings is 4. The lowest BCUT2D eigenvalue weighted by molar-refractivity contribution is -0.255. The summed E-state index contributed by atoms with van der Waals surface area (Å²) in [5, 5.41) is 115. The molecule has 720 valence electrons. The average molecular weight is 1910 g/mol. The summed E-state index contributed by atoms with van der Waals surface area (Å²) in [6, 6.07) is 8.58. The summed E-state index contributed by atoms with van der Waals surface area (Å²) in [4.78, 5) is 196. The number of carbonyl (C=O) groups is 17. The molecule has 0 radical (unpaired) electrons. The van der Waals surface area contributed by atoms with Crippen molar-refractivity contribution in [1.82, 2.24) is 10.6 Å². The maximum absolute atomic E-state index is 13.4. The van der Waals surface area contributed by atoms with Gasteiger partial charge >= 0.3 is 77.6 Å². The van der Waals surface area contributed by atoms with E-state index in [-0.39, 0.29) is 62.7 Å². The summed E-state index contributed by atoms with van der Waals surface area (Å²) in [6.07, 6.45) is -21.3. The highest BCUT2D eigenvalue weighted by atomic mass is 35.5. The predicted molar refractivity (Wildman–Crippen MR) is 439 cm³/mol. The maximum Gasteiger partial charge on any atom is 0.335 e. The van der Waals surface area contributed by atoms with Gasteiger partial charge in [-0.1, -0.05) is 5.11 Å². The van der Waals surface area contributed by atoms with E-state index in [1.807, 2.05) is 0 Å². The first-order chi connectivity index (χ1) is 60.3. The number of aliphatic hydroxyl groups excluding tert-OH is 5. The molecule has 2 unspecified atom stereocenters. The van der Waals surface area contributed by atoms with E-state index >= 15 is 0 Å². The van der Waals surface area contributed by atoms with Gasteiger partial charge in [0.1, 0.15) is 49.8 Å². The second-order valence-electron chi connectivity index (χ2n) is 26.8. The Morgan fingerprint density at radius 3 is 1.06 bits per heavy atom. The predicted octanol–water partition coefficient (Wildman–Crippen LogP) is 2.84. The van der Waals surface area contributed by atoms with Crippen molar-refractivity contribution >= 4 is 131 Å². The third kappa shape index (κ3) is 41.4. The number of aromatic carboxylic acids is 1. The summed E-state index contributed by atoms with van der Waals surface area (Å²) < 4.78 is 77.6. The van der Waals surface area contributed by atoms with E-state index in [1.165, 1.54) is 45.9 Å². The zero-order valence-electron chi connectivity index (χ0n) is 72.9. The quantitative estimate of drug-likeness (QED) is 0.00619. The first-order valence-corrected chi connectivity index (χ1v) is 40.5. The van der Waals surface area contributed by atoms with Gasteiger partial charge in [0.05, 0.1) is 12.2 Å². The topological polar surface area (TPSA) is 744 Å². The van der Waals surface area contributed by atoms with Gasteiger partial charge in [-0.25, -0.2) is 4.79 Å². The Labute approximate surface area is 750 Å². The number of phenolic OH excluding ortho intramolecular Hbond substituents is 6. The van der Waals surface area contributed by atoms with Crippen LogP contribution in [-0.4, -0.2) is 300 Å². The zero-order chi connectivity index (χ0) is 101. The van der Waals surface area contributed by atoms with Crippen LogP contribution in [0.1, 0.15) is 143 Å². The van der Waals surface area contributed by atoms with Crippen LogP contribution in [-0.2, 0) is 114 Å². The molecule has 0 saturated carbocycles. The minimum Gasteiger partial charge on any atom is -0.504 e. The number of halogens is 2. The first-order valence-electron chi connectivity index (χ1n) is 37.0. The molecule has 3 fully saturated rings. The Kier molecular flexibility index (Phi) is 51.4. The highest BCUT2D eigenvalue weighted by molar-refractivity contribution is 7.55. The normalized spacial score (nSPS) is 20.5. The van der Waals surface area contributed by atoms with Crippen LogP contribution < -0.4 is 29.6 Å². The molecule has 4 aromatic rings. The third-order valence-electron chi connectivity index (χ3n) is 15.2. The number of aliphatic hydroxyl groups is 5. The highest BCUT2D eigenvalue weighted by Crippen LogP contribution is 2.39. The minimum absolute atomic E-state index is 0.0123. The Morgan fingerprint density at radius 1 is 0.415 bits per heavy atom. The third-order valence-corrected chi connectivity index (χ3v) is 15.4. The number of hydrogen-bond donors (Lipinski definition) is 14. The molecule has 14 N–H and O–H groups in total. The summed E-state index contributed by atoms with van der Waals surface area (Å²) in [6.45, 7) is 23.0. The number of hydrogen-bond acceptors (Lipinski definition) is 44. The molecule has 3 saturated heterocycles. The van der Waals surface area contributed by atoms with Crippen LogP contribution in [0.15, 0.2) is 53.6 Å². The molecular weight excluding hydrogens is 1810 g/mol. The molecule has 2 amide bonds. The van der Waals surface area contributed by atoms with Crippen molar-refractivity contribution in [3.8, 4) is 57.5 Å². The number of amides is 2. The van der Waals surface area contributed by atoms with Gasteiger partial charge in [0.2, 0.25) is 5.24 Å². The fourth-order valence-corrected chi connectivity index (χ4v) is 10.6. The van der Waals surface area contributed by atoms with E-state index in [4.69, 9.17) is 119 Å². The van der Waals surface area contributed by atoms with E-state index in [1.54, 1.807) is 6.92 Å². The number of aromatic hydroxyl groups is 6. The summed E-state index contributed by atoms with van der Waals surface area (Å²) in [5.41, 5.74) is 8.95. The number of ether oxygens (including phenoxy) is 15. The lowest BCUT2D eigenvalue weighted by atomic mass is 9.97. The van der Waals surface area contributed by atoms with Crippen molar-refractivity contribution in [3.63, 3.8) is 0 Å². The molecule has 7 rings (SSSR count). The van der Waals surface area contributed by atoms with E-state index in [0.29, 0.717) is 13.5 Å². The van der Waals surface area contributed by atoms with Crippen molar-refractivity contribution in [3.05, 3.63) is 92.4 Å². The SMILES string of the molecule is CC(=O)Cl.CC(=O)OC[C@H]1O[C@@H](N=[N+]=[N-])[C@H](OC(C)=O)[C@@H](OC(C)=O)C1OC(C)=O.CC(=O)OC[C@H]1O[C@@H](NC(=O)c2cc(C)c(OC(C)=O)c(OC(C)=O)c2)[C@H](OC(C)=O)[C@@H](OC(C)=O)C1OC(C)=O.CC(=O)Oc1cc(C(=O)Cl)cc(C)c1OC(C)=O.CO.CP(C)C.O=C(N[C@@H]1O[C@H](CO)[C@@H](O)[C@H](O)[C@H]1O)c1cc(O)c(O)c(O)c1.O=C(O)c1cc(O)c(O)c(O)c1. The lowest BCUT2D eigenvalue weighted by Gasteiger charge is -2.44. The largest absolute Gasteiger partial charge is 0.504 e. The fraction of sp³-hybridized carbons (Fsp3) is 0.474. The van der Waals surface area contributed by atoms with Crippen molar-refractivity contribution in [2.75, 3.05) is 46.9 Å². The van der Waals surface area contributed by atoms with Crippen LogP contribution in [0.4, 0.5) is 0 Å². The molecule has 0 aliphatic carbocycles. The number of aryl methyl sites for hydroxylation is 2. The summed E-state index contributed by atoms with van der Waals surface area (Å²) >= 11 is 9.99. The van der Waals surface area contributed by atoms with Crippen LogP contribution >= 0.6 is 31.1 Å². The number of azide groups is 1. The van der Waals surface area contributed by atoms with Gasteiger partial charge in [-0.2, -0.15) is 0 Å². The summed E-state index contributed by atoms with van der Waals surface area (Å²) in [7, 11) is 1.38. The number of carboxylic acids is 1. The van der Waals surface area contributed by atoms with E-state index in [9.17, 15) is 112 Å². The van der Waals surface area contributed by atoms with Gasteiger partial charge in [-0.3, -0.25) is 76.7 Å². The average Bonchev–Trinajstić information content (AvgIpc) is 0.773. The molecule has 3 aliphatic rings. The van der Waals surface area contributed by atoms with Gasteiger partial charge in [-0.15, -0.1) is 7.92 Å². The second-order valence-corrected chi connectivity index (χ2v) is 30.4. The molecule has 3 aliphatic heterocycles. The molecule has 130 heavy (non-hydrogen) atoms. The Hall–Kier alpha value is -12.9. The van der Waals surface area contributed by atoms with Gasteiger partial charge in [0, 0.05) is 119 Å². The molecule has 4 aromatic carbocycles. The number of phenols is 6. The number of nitrogens with one attached hydrogen (secondary N) is 2. The van der Waals surface area contributed by atoms with Crippen molar-refractivity contribution in [2.45, 2.75) is 196 Å². The summed E-state index contributed by atoms with van der Waals surface area (Å²) in [5.74, 6) is -16.3. The van der Waals surface area contributed by atoms with Gasteiger partial charge in [0.25, 0.3) is 17.1 Å². The standard InChI is InChI=1S/C26H31NO14.C14H19N3O9.C13H17NO9.C12H11ClO5.C7H6O5.C3H9P.C2H3ClO.CH4O/c1-11-8-18(9-19(36-13(3)29)21(11)37-14(4)30)25(34)27-26-24(40-17(7)33)23(39-16(6)32)22(38-15(5)31)20(41-26)10-35-12(2)28;1-6(18)22-5-10-11(23-7(2)19)12(24-8(3)20)13(25-9(4)21)14(26-10)16-17-15;15-3-7-9(19)10(20)11(21)13(23-7)14-12(22)4-1-5(16)8(18)6(17)2-4;1-6-4-9(12(13)16)5-10(17-7(2)14)11(6)18-8(3)15;8-4-1-3(7(11)12)2-5(9)6(4)10;1-4(2)3;1-2(3)4;1-2/h8-9,20,22-24,26H,10H2,1-7H3,(H,27,34);10-14H,5H2,1-4H3;1-2,7,9-11,13,15-21H,3H2,(H,14,22);4-5H,1-3H3;1-2,8-10H,(H,11,12);1-3H3;1H3;2H,1H3/t20-,22?,23+,24-,26-;10-,11?,12+,13-,14-;7-,9-,10+,11-,13-;;;;;/m111...../s1. The number of carbonyl (C=O) groups excluding carboxylic acids is 16. The van der Waals surface area contributed by atoms with Gasteiger partial charge < -0.3 is 143 Å². The lowest BCUT2D eigenvalue weighted by Crippen LogP contribution is -2.66. The molecule has 3 heterocycles. The molecule has 15 atom stereocenters. The Bertz CT molecular complexity index is 4680. The van der Waals surface area contributed by atoms with E-state index < -0.39 is 234 Å². The molecule has 52 heteroatoms. The Balaban J connectivity index is 0.00000163. The highest BCUT2D eigenvalue weighted by Gasteiger charge is 2.54. The number of nitrogens with zero attached hydrogens (tertiary/aromatic N) is 3. The number of rotatable bonds is 22. The van der Waals surface area contributed by atoms with Crippen LogP contribution in [0.5, 0.6) is 57.5 Å².